The van der Waals surface area contributed by atoms with Crippen LogP contribution in [0.3, 0.4) is 0 Å². The van der Waals surface area contributed by atoms with Crippen molar-refractivity contribution in [1.82, 2.24) is 3.97 Å². The maximum atomic E-state index is 11.0. The molecule has 0 unspecified atom stereocenters. The highest BCUT2D eigenvalue weighted by Gasteiger charge is 2.13. The third-order valence-corrected chi connectivity index (χ3v) is 2.81. The molecule has 0 saturated heterocycles. The van der Waals surface area contributed by atoms with Crippen molar-refractivity contribution < 1.29 is 13.0 Å². The van der Waals surface area contributed by atoms with Crippen molar-refractivity contribution in [2.75, 3.05) is 0 Å². The van der Waals surface area contributed by atoms with E-state index in [2.05, 4.69) is 6.92 Å². The third-order valence-electron chi connectivity index (χ3n) is 2.01. The van der Waals surface area contributed by atoms with Crippen LogP contribution in [-0.2, 0) is 10.3 Å². The molecule has 1 aromatic heterocycles. The van der Waals surface area contributed by atoms with E-state index in [9.17, 15) is 8.42 Å². The molecule has 4 nitrogen and oxygen atoms in total. The second kappa shape index (κ2) is 2.83. The largest absolute Gasteiger partial charge is 0.363 e. The fraction of sp³-hybridized carbons (Fsp3) is 0. The third kappa shape index (κ3) is 1.30. The second-order valence-corrected chi connectivity index (χ2v) is 4.23. The van der Waals surface area contributed by atoms with E-state index in [1.807, 2.05) is 0 Å². The lowest BCUT2D eigenvalue weighted by Gasteiger charge is -1.98. The Morgan fingerprint density at radius 3 is 2.57 bits per heavy atom. The van der Waals surface area contributed by atoms with Gasteiger partial charge in [-0.1, -0.05) is 18.2 Å². The predicted molar refractivity (Wildman–Crippen MR) is 53.3 cm³/mol. The van der Waals surface area contributed by atoms with E-state index in [1.165, 1.54) is 6.20 Å². The Morgan fingerprint density at radius 1 is 1.29 bits per heavy atom. The monoisotopic (exact) mass is 210 g/mol. The molecule has 1 heterocycles. The molecule has 0 bridgehead atoms. The normalized spacial score (nSPS) is 12.1. The van der Waals surface area contributed by atoms with E-state index in [4.69, 9.17) is 4.55 Å². The van der Waals surface area contributed by atoms with Gasteiger partial charge in [-0.05, 0) is 18.6 Å². The summed E-state index contributed by atoms with van der Waals surface area (Å²) in [5, 5.41) is 0.713. The zero-order chi connectivity index (χ0) is 10.3. The minimum absolute atomic E-state index is 0.431. The molecule has 73 valence electrons. The average molecular weight is 210 g/mol. The van der Waals surface area contributed by atoms with Crippen LogP contribution >= 0.6 is 0 Å². The number of nitrogens with zero attached hydrogens (tertiary/aromatic N) is 1. The summed E-state index contributed by atoms with van der Waals surface area (Å²) >= 11 is 0. The van der Waals surface area contributed by atoms with Gasteiger partial charge in [-0.2, -0.15) is 8.42 Å². The number of para-hydroxylation sites is 1. The maximum Gasteiger partial charge on any atom is 0.363 e. The van der Waals surface area contributed by atoms with E-state index in [0.29, 0.717) is 16.5 Å². The number of benzene rings is 1. The number of hydrogen-bond acceptors (Lipinski definition) is 2. The molecule has 0 aliphatic heterocycles. The molecule has 14 heavy (non-hydrogen) atoms. The van der Waals surface area contributed by atoms with Crippen LogP contribution in [0.2, 0.25) is 0 Å². The van der Waals surface area contributed by atoms with Crippen molar-refractivity contribution in [3.63, 3.8) is 0 Å². The summed E-state index contributed by atoms with van der Waals surface area (Å²) in [6, 6.07) is 6.84. The Bertz CT molecular complexity index is 583. The van der Waals surface area contributed by atoms with Crippen molar-refractivity contribution >= 4 is 21.2 Å². The highest BCUT2D eigenvalue weighted by atomic mass is 32.2. The van der Waals surface area contributed by atoms with Gasteiger partial charge in [0.2, 0.25) is 0 Å². The fourth-order valence-electron chi connectivity index (χ4n) is 1.41. The Morgan fingerprint density at radius 2 is 1.93 bits per heavy atom. The molecular formula is C9H8NO3S. The van der Waals surface area contributed by atoms with Crippen LogP contribution in [0.1, 0.15) is 5.56 Å². The molecule has 0 saturated carbocycles. The molecule has 1 aromatic carbocycles. The summed E-state index contributed by atoms with van der Waals surface area (Å²) in [7, 11) is -4.23. The van der Waals surface area contributed by atoms with Gasteiger partial charge in [0.1, 0.15) is 0 Å². The quantitative estimate of drug-likeness (QED) is 0.725. The molecule has 1 radical (unpaired) electrons. The van der Waals surface area contributed by atoms with Crippen LogP contribution in [0.5, 0.6) is 0 Å². The summed E-state index contributed by atoms with van der Waals surface area (Å²) < 4.78 is 31.6. The molecule has 0 fully saturated rings. The second-order valence-electron chi connectivity index (χ2n) is 2.95. The van der Waals surface area contributed by atoms with Gasteiger partial charge in [-0.3, -0.25) is 4.55 Å². The van der Waals surface area contributed by atoms with Gasteiger partial charge in [0.15, 0.2) is 0 Å². The van der Waals surface area contributed by atoms with Crippen molar-refractivity contribution in [2.45, 2.75) is 0 Å². The summed E-state index contributed by atoms with van der Waals surface area (Å²) in [6.45, 7) is 3.69. The topological polar surface area (TPSA) is 59.3 Å². The lowest BCUT2D eigenvalue weighted by molar-refractivity contribution is 0.474. The van der Waals surface area contributed by atoms with Crippen LogP contribution in [-0.4, -0.2) is 16.9 Å². The van der Waals surface area contributed by atoms with Gasteiger partial charge in [0, 0.05) is 11.6 Å². The Kier molecular flexibility index (Phi) is 1.87. The lowest BCUT2D eigenvalue weighted by Crippen LogP contribution is -2.08. The first-order valence-corrected chi connectivity index (χ1v) is 5.30. The van der Waals surface area contributed by atoms with Gasteiger partial charge in [-0.25, -0.2) is 3.97 Å². The van der Waals surface area contributed by atoms with Crippen LogP contribution in [0.25, 0.3) is 10.9 Å². The number of aromatic nitrogens is 1. The zero-order valence-corrected chi connectivity index (χ0v) is 8.03. The Balaban J connectivity index is 2.93. The van der Waals surface area contributed by atoms with Gasteiger partial charge in [0.25, 0.3) is 0 Å². The van der Waals surface area contributed by atoms with E-state index >= 15 is 0 Å². The van der Waals surface area contributed by atoms with Gasteiger partial charge in [0.05, 0.1) is 5.52 Å². The number of rotatable bonds is 1. The zero-order valence-electron chi connectivity index (χ0n) is 7.21. The molecule has 0 atom stereocenters. The minimum Gasteiger partial charge on any atom is -0.269 e. The lowest BCUT2D eigenvalue weighted by atomic mass is 10.2. The molecule has 2 rings (SSSR count). The maximum absolute atomic E-state index is 11.0. The van der Waals surface area contributed by atoms with E-state index < -0.39 is 10.3 Å². The van der Waals surface area contributed by atoms with Crippen LogP contribution in [0, 0.1) is 6.92 Å². The fourth-order valence-corrected chi connectivity index (χ4v) is 2.08. The first-order chi connectivity index (χ1) is 6.50. The van der Waals surface area contributed by atoms with Crippen LogP contribution < -0.4 is 0 Å². The highest BCUT2D eigenvalue weighted by Crippen LogP contribution is 2.21. The molecule has 0 spiro atoms. The summed E-state index contributed by atoms with van der Waals surface area (Å²) in [5.41, 5.74) is 0.998. The number of hydrogen-bond donors (Lipinski definition) is 1. The Labute approximate surface area is 81.7 Å². The highest BCUT2D eigenvalue weighted by molar-refractivity contribution is 7.84. The minimum atomic E-state index is -4.23. The van der Waals surface area contributed by atoms with E-state index in [-0.39, 0.29) is 0 Å². The molecule has 0 aliphatic rings. The van der Waals surface area contributed by atoms with Crippen LogP contribution in [0.4, 0.5) is 0 Å². The molecule has 0 amide bonds. The van der Waals surface area contributed by atoms with E-state index in [1.54, 1.807) is 24.3 Å². The standard InChI is InChI=1S/C9H8NO3S/c1-7-6-10(14(11,12)13)9-5-3-2-4-8(7)9/h2-6H,1H2,(H,11,12,13). The molecule has 2 aromatic rings. The van der Waals surface area contributed by atoms with Crippen molar-refractivity contribution in [3.8, 4) is 0 Å². The predicted octanol–water partition coefficient (Wildman–Crippen LogP) is 1.47. The molecular weight excluding hydrogens is 202 g/mol. The first-order valence-electron chi connectivity index (χ1n) is 3.90. The number of fused-ring (bicyclic) bond motifs is 1. The molecule has 1 N–H and O–H groups in total. The van der Waals surface area contributed by atoms with E-state index in [0.717, 1.165) is 3.97 Å². The smallest absolute Gasteiger partial charge is 0.269 e. The average Bonchev–Trinajstić information content (AvgIpc) is 2.44. The summed E-state index contributed by atoms with van der Waals surface area (Å²) in [5.74, 6) is 0. The van der Waals surface area contributed by atoms with Crippen LogP contribution in [0.15, 0.2) is 30.5 Å². The van der Waals surface area contributed by atoms with Crippen molar-refractivity contribution in [2.24, 2.45) is 0 Å². The van der Waals surface area contributed by atoms with Crippen molar-refractivity contribution in [3.05, 3.63) is 42.9 Å². The molecule has 5 heteroatoms. The van der Waals surface area contributed by atoms with Gasteiger partial charge >= 0.3 is 10.3 Å². The van der Waals surface area contributed by atoms with Gasteiger partial charge in [-0.15, -0.1) is 0 Å². The Hall–Kier alpha value is -1.33. The summed E-state index contributed by atoms with van der Waals surface area (Å²) in [6.07, 6.45) is 1.29. The van der Waals surface area contributed by atoms with Gasteiger partial charge < -0.3 is 0 Å². The summed E-state index contributed by atoms with van der Waals surface area (Å²) in [4.78, 5) is 0. The molecule has 0 aliphatic carbocycles. The first kappa shape index (κ1) is 9.23. The SMILES string of the molecule is [CH2]c1cn(S(=O)(=O)O)c2ccccc12. The van der Waals surface area contributed by atoms with Crippen molar-refractivity contribution in [1.29, 1.82) is 0 Å².